The van der Waals surface area contributed by atoms with Crippen molar-refractivity contribution in [3.8, 4) is 5.75 Å². The molecule has 0 bridgehead atoms. The van der Waals surface area contributed by atoms with E-state index in [1.807, 2.05) is 37.3 Å². The molecule has 0 heterocycles. The van der Waals surface area contributed by atoms with Gasteiger partial charge in [0.2, 0.25) is 5.91 Å². The van der Waals surface area contributed by atoms with Crippen LogP contribution in [-0.2, 0) is 14.9 Å². The molecule has 1 aromatic carbocycles. The summed E-state index contributed by atoms with van der Waals surface area (Å²) in [5.41, 5.74) is 0.462. The van der Waals surface area contributed by atoms with Crippen LogP contribution < -0.4 is 10.1 Å². The Hall–Kier alpha value is -2.96. The Morgan fingerprint density at radius 2 is 2.00 bits per heavy atom. The number of benzene rings is 1. The number of methoxy groups -OCH3 is 1. The summed E-state index contributed by atoms with van der Waals surface area (Å²) in [6, 6.07) is 7.56. The van der Waals surface area contributed by atoms with Crippen LogP contribution in [0.3, 0.4) is 0 Å². The highest BCUT2D eigenvalue weighted by Gasteiger charge is 2.59. The van der Waals surface area contributed by atoms with Gasteiger partial charge in [0, 0.05) is 24.4 Å². The molecule has 7 nitrogen and oxygen atoms in total. The summed E-state index contributed by atoms with van der Waals surface area (Å²) in [5, 5.41) is 3.64. The molecular formula is C25H34FN4O3P. The maximum Gasteiger partial charge on any atom is 0.303 e. The van der Waals surface area contributed by atoms with Crippen molar-refractivity contribution in [2.75, 3.05) is 26.9 Å². The Morgan fingerprint density at radius 1 is 1.32 bits per heavy atom. The SMILES string of the molecule is C=C.C=C(/N=C\C(P)=C/C)NC(=O)C1CC1(COC/C=N\C(F)=NCC)c1ccc(OC)cc1. The molecule has 1 amide bonds. The maximum atomic E-state index is 13.2. The van der Waals surface area contributed by atoms with E-state index in [0.717, 1.165) is 16.6 Å². The van der Waals surface area contributed by atoms with E-state index in [2.05, 4.69) is 49.3 Å². The first kappa shape index (κ1) is 29.1. The van der Waals surface area contributed by atoms with Crippen molar-refractivity contribution in [1.29, 1.82) is 0 Å². The molecule has 3 unspecified atom stereocenters. The Balaban J connectivity index is 0.00000281. The van der Waals surface area contributed by atoms with E-state index in [1.165, 1.54) is 6.21 Å². The molecule has 1 N–H and O–H groups in total. The molecule has 1 aliphatic rings. The second kappa shape index (κ2) is 15.0. The third kappa shape index (κ3) is 8.76. The van der Waals surface area contributed by atoms with Crippen molar-refractivity contribution in [2.24, 2.45) is 20.9 Å². The van der Waals surface area contributed by atoms with Crippen molar-refractivity contribution in [3.63, 3.8) is 0 Å². The van der Waals surface area contributed by atoms with Gasteiger partial charge in [-0.15, -0.1) is 22.4 Å². The Labute approximate surface area is 203 Å². The maximum absolute atomic E-state index is 13.2. The fourth-order valence-corrected chi connectivity index (χ4v) is 3.27. The van der Waals surface area contributed by atoms with Crippen molar-refractivity contribution in [2.45, 2.75) is 25.7 Å². The number of hydrogen-bond acceptors (Lipinski definition) is 5. The normalized spacial score (nSPS) is 20.1. The fraction of sp³-hybridized carbons (Fsp3) is 0.360. The smallest absolute Gasteiger partial charge is 0.303 e. The number of carbonyl (C=O) groups excluding carboxylic acids is 1. The number of aliphatic imine (C=N–C) groups is 3. The minimum Gasteiger partial charge on any atom is -0.497 e. The molecule has 2 rings (SSSR count). The minimum atomic E-state index is -0.782. The van der Waals surface area contributed by atoms with E-state index in [0.29, 0.717) is 13.0 Å². The first-order chi connectivity index (χ1) is 16.4. The average molecular weight is 489 g/mol. The topological polar surface area (TPSA) is 84.6 Å². The third-order valence-corrected chi connectivity index (χ3v) is 5.55. The molecule has 0 saturated heterocycles. The van der Waals surface area contributed by atoms with E-state index in [9.17, 15) is 9.18 Å². The highest BCUT2D eigenvalue weighted by molar-refractivity contribution is 7.24. The highest BCUT2D eigenvalue weighted by atomic mass is 31.0. The van der Waals surface area contributed by atoms with Crippen LogP contribution in [0.5, 0.6) is 5.75 Å². The van der Waals surface area contributed by atoms with Gasteiger partial charge in [-0.05, 0) is 43.3 Å². The van der Waals surface area contributed by atoms with E-state index in [-0.39, 0.29) is 30.9 Å². The molecule has 1 fully saturated rings. The summed E-state index contributed by atoms with van der Waals surface area (Å²) < 4.78 is 24.2. The Morgan fingerprint density at radius 3 is 2.59 bits per heavy atom. The van der Waals surface area contributed by atoms with Crippen LogP contribution in [0.1, 0.15) is 25.8 Å². The molecule has 9 heteroatoms. The Kier molecular flexibility index (Phi) is 12.9. The predicted molar refractivity (Wildman–Crippen MR) is 142 cm³/mol. The molecule has 1 aliphatic carbocycles. The summed E-state index contributed by atoms with van der Waals surface area (Å²) in [5.74, 6) is 0.512. The molecule has 1 aromatic rings. The number of nitrogens with one attached hydrogen (secondary N) is 1. The first-order valence-electron chi connectivity index (χ1n) is 10.8. The first-order valence-corrected chi connectivity index (χ1v) is 11.3. The molecule has 0 radical (unpaired) electrons. The molecule has 0 aliphatic heterocycles. The van der Waals surface area contributed by atoms with Gasteiger partial charge in [-0.2, -0.15) is 4.39 Å². The molecule has 1 saturated carbocycles. The van der Waals surface area contributed by atoms with Crippen molar-refractivity contribution in [3.05, 3.63) is 66.8 Å². The lowest BCUT2D eigenvalue weighted by molar-refractivity contribution is -0.122. The fourth-order valence-electron chi connectivity index (χ4n) is 3.20. The highest BCUT2D eigenvalue weighted by Crippen LogP contribution is 2.55. The summed E-state index contributed by atoms with van der Waals surface area (Å²) in [7, 11) is 4.14. The van der Waals surface area contributed by atoms with E-state index in [1.54, 1.807) is 20.2 Å². The number of rotatable bonds is 11. The van der Waals surface area contributed by atoms with Crippen LogP contribution in [0.4, 0.5) is 4.39 Å². The van der Waals surface area contributed by atoms with Gasteiger partial charge in [0.05, 0.1) is 26.2 Å². The van der Waals surface area contributed by atoms with Crippen LogP contribution in [0.2, 0.25) is 0 Å². The molecule has 34 heavy (non-hydrogen) atoms. The van der Waals surface area contributed by atoms with Gasteiger partial charge < -0.3 is 14.8 Å². The summed E-state index contributed by atoms with van der Waals surface area (Å²) in [6.45, 7) is 14.1. The van der Waals surface area contributed by atoms with Crippen LogP contribution >= 0.6 is 9.24 Å². The standard InChI is InChI=1S/C23H30FN4O3P.C2H4/c1-5-19(32)14-27-16(3)28-21(29)20-13-23(20,17-7-9-18(30-4)10-8-17)15-31-12-11-26-22(24)25-6-2;1-2/h5,7-11,14,20H,3,6,12-13,15,32H2,1-2,4H3,(H,28,29);1-2H2/b19-5+,25-22?,26-11-,27-14-;. The van der Waals surface area contributed by atoms with Gasteiger partial charge in [-0.1, -0.05) is 24.8 Å². The molecule has 3 atom stereocenters. The quantitative estimate of drug-likeness (QED) is 0.123. The van der Waals surface area contributed by atoms with Gasteiger partial charge in [0.1, 0.15) is 11.6 Å². The van der Waals surface area contributed by atoms with Crippen LogP contribution in [0.25, 0.3) is 0 Å². The number of amides is 1. The number of ether oxygens (including phenoxy) is 2. The molecule has 0 aromatic heterocycles. The predicted octanol–water partition coefficient (Wildman–Crippen LogP) is 4.63. The summed E-state index contributed by atoms with van der Waals surface area (Å²) >= 11 is 0. The zero-order chi connectivity index (χ0) is 25.6. The molecule has 184 valence electrons. The van der Waals surface area contributed by atoms with E-state index < -0.39 is 11.5 Å². The van der Waals surface area contributed by atoms with Gasteiger partial charge in [0.25, 0.3) is 0 Å². The number of nitrogens with zero attached hydrogens (tertiary/aromatic N) is 3. The largest absolute Gasteiger partial charge is 0.497 e. The second-order valence-corrected chi connectivity index (χ2v) is 7.86. The van der Waals surface area contributed by atoms with E-state index in [4.69, 9.17) is 9.47 Å². The number of carbonyl (C=O) groups is 1. The van der Waals surface area contributed by atoms with Crippen LogP contribution in [-0.4, -0.2) is 51.3 Å². The molecular weight excluding hydrogens is 454 g/mol. The second-order valence-electron chi connectivity index (χ2n) is 7.19. The van der Waals surface area contributed by atoms with Crippen LogP contribution in [0.15, 0.2) is 76.2 Å². The molecule has 0 spiro atoms. The minimum absolute atomic E-state index is 0.107. The number of halogens is 1. The zero-order valence-corrected chi connectivity index (χ0v) is 21.2. The zero-order valence-electron chi connectivity index (χ0n) is 20.1. The number of allylic oxidation sites excluding steroid dienone is 2. The van der Waals surface area contributed by atoms with Gasteiger partial charge in [-0.25, -0.2) is 15.0 Å². The average Bonchev–Trinajstić information content (AvgIpc) is 3.59. The van der Waals surface area contributed by atoms with E-state index >= 15 is 0 Å². The van der Waals surface area contributed by atoms with Crippen LogP contribution in [0, 0.1) is 5.92 Å². The summed E-state index contributed by atoms with van der Waals surface area (Å²) in [4.78, 5) is 24.1. The number of hydrogen-bond donors (Lipinski definition) is 1. The monoisotopic (exact) mass is 488 g/mol. The lowest BCUT2D eigenvalue weighted by Crippen LogP contribution is -2.29. The van der Waals surface area contributed by atoms with Crippen molar-refractivity contribution >= 4 is 33.7 Å². The number of amidine groups is 1. The Bertz CT molecular complexity index is 944. The van der Waals surface area contributed by atoms with Gasteiger partial charge in [-0.3, -0.25) is 4.79 Å². The third-order valence-electron chi connectivity index (χ3n) is 5.07. The lowest BCUT2D eigenvalue weighted by Gasteiger charge is -2.18. The van der Waals surface area contributed by atoms with Gasteiger partial charge >= 0.3 is 6.09 Å². The van der Waals surface area contributed by atoms with Crippen molar-refractivity contribution in [1.82, 2.24) is 5.32 Å². The lowest BCUT2D eigenvalue weighted by atomic mass is 9.93. The van der Waals surface area contributed by atoms with Gasteiger partial charge in [0.15, 0.2) is 0 Å². The van der Waals surface area contributed by atoms with Crippen molar-refractivity contribution < 1.29 is 18.7 Å². The summed E-state index contributed by atoms with van der Waals surface area (Å²) in [6.07, 6.45) is 4.63.